The molecule has 0 heterocycles. The third kappa shape index (κ3) is 6.03. The van der Waals surface area contributed by atoms with Crippen molar-refractivity contribution in [3.05, 3.63) is 89.2 Å². The van der Waals surface area contributed by atoms with E-state index in [1.165, 1.54) is 24.3 Å². The quantitative estimate of drug-likeness (QED) is 0.460. The molecule has 0 aliphatic heterocycles. The highest BCUT2D eigenvalue weighted by molar-refractivity contribution is 7.92. The molecule has 174 valence electrons. The summed E-state index contributed by atoms with van der Waals surface area (Å²) in [7, 11) is -4.12. The average Bonchev–Trinajstić information content (AvgIpc) is 2.80. The second kappa shape index (κ2) is 10.7. The van der Waals surface area contributed by atoms with E-state index in [1.54, 1.807) is 37.3 Å². The van der Waals surface area contributed by atoms with E-state index in [2.05, 4.69) is 5.32 Å². The van der Waals surface area contributed by atoms with Gasteiger partial charge in [0.15, 0.2) is 0 Å². The number of sulfonamides is 1. The Bertz CT molecular complexity index is 1200. The summed E-state index contributed by atoms with van der Waals surface area (Å²) in [5, 5.41) is 2.56. The Kier molecular flexibility index (Phi) is 7.94. The number of nitrogens with one attached hydrogen (secondary N) is 1. The Morgan fingerprint density at radius 1 is 1.09 bits per heavy atom. The van der Waals surface area contributed by atoms with Crippen molar-refractivity contribution in [2.75, 3.05) is 17.5 Å². The van der Waals surface area contributed by atoms with E-state index in [9.17, 15) is 17.6 Å². The third-order valence-electron chi connectivity index (χ3n) is 4.88. The smallest absolute Gasteiger partial charge is 0.264 e. The van der Waals surface area contributed by atoms with Gasteiger partial charge in [-0.2, -0.15) is 0 Å². The predicted octanol–water partition coefficient (Wildman–Crippen LogP) is 4.95. The zero-order valence-electron chi connectivity index (χ0n) is 18.2. The minimum Gasteiger partial charge on any atom is -0.494 e. The van der Waals surface area contributed by atoms with Crippen LogP contribution in [0.15, 0.2) is 77.7 Å². The number of carbonyl (C=O) groups is 1. The lowest BCUT2D eigenvalue weighted by atomic mass is 10.1. The van der Waals surface area contributed by atoms with Gasteiger partial charge in [0.1, 0.15) is 18.1 Å². The Morgan fingerprint density at radius 2 is 1.76 bits per heavy atom. The highest BCUT2D eigenvalue weighted by Gasteiger charge is 2.28. The molecule has 1 N–H and O–H groups in total. The molecule has 3 aromatic carbocycles. The lowest BCUT2D eigenvalue weighted by molar-refractivity contribution is -0.120. The summed E-state index contributed by atoms with van der Waals surface area (Å²) >= 11 is 5.88. The number of benzene rings is 3. The maximum Gasteiger partial charge on any atom is 0.264 e. The van der Waals surface area contributed by atoms with Crippen molar-refractivity contribution in [2.24, 2.45) is 0 Å². The monoisotopic (exact) mass is 490 g/mol. The van der Waals surface area contributed by atoms with Crippen LogP contribution in [0.3, 0.4) is 0 Å². The van der Waals surface area contributed by atoms with Crippen LogP contribution < -0.4 is 14.4 Å². The first kappa shape index (κ1) is 24.5. The van der Waals surface area contributed by atoms with E-state index in [4.69, 9.17) is 16.3 Å². The van der Waals surface area contributed by atoms with Crippen molar-refractivity contribution in [3.63, 3.8) is 0 Å². The molecule has 3 aromatic rings. The molecule has 0 saturated carbocycles. The molecule has 0 aliphatic rings. The molecule has 0 fully saturated rings. The van der Waals surface area contributed by atoms with Crippen molar-refractivity contribution in [1.82, 2.24) is 5.32 Å². The number of halogens is 2. The fraction of sp³-hybridized carbons (Fsp3) is 0.208. The Labute approximate surface area is 198 Å². The molecule has 0 aromatic heterocycles. The van der Waals surface area contributed by atoms with E-state index in [0.29, 0.717) is 12.4 Å². The SMILES string of the molecule is CCOc1ccc([C@H](C)NC(=O)CN(c2ccc(F)c(Cl)c2)S(=O)(=O)c2ccccc2)cc1. The summed E-state index contributed by atoms with van der Waals surface area (Å²) in [5.74, 6) is -0.504. The Balaban J connectivity index is 1.85. The number of carbonyl (C=O) groups excluding carboxylic acids is 1. The zero-order valence-corrected chi connectivity index (χ0v) is 19.7. The highest BCUT2D eigenvalue weighted by Crippen LogP contribution is 2.28. The van der Waals surface area contributed by atoms with Gasteiger partial charge < -0.3 is 10.1 Å². The van der Waals surface area contributed by atoms with Crippen LogP contribution in [0.25, 0.3) is 0 Å². The highest BCUT2D eigenvalue weighted by atomic mass is 35.5. The van der Waals surface area contributed by atoms with Crippen molar-refractivity contribution in [3.8, 4) is 5.75 Å². The molecule has 3 rings (SSSR count). The topological polar surface area (TPSA) is 75.7 Å². The van der Waals surface area contributed by atoms with Gasteiger partial charge in [-0.1, -0.05) is 41.9 Å². The number of amides is 1. The molecular weight excluding hydrogens is 467 g/mol. The van der Waals surface area contributed by atoms with Gasteiger partial charge in [0.05, 0.1) is 28.3 Å². The van der Waals surface area contributed by atoms with Gasteiger partial charge in [0.25, 0.3) is 10.0 Å². The summed E-state index contributed by atoms with van der Waals surface area (Å²) in [6, 6.07) is 18.1. The van der Waals surface area contributed by atoms with Gasteiger partial charge in [0.2, 0.25) is 5.91 Å². The van der Waals surface area contributed by atoms with Crippen LogP contribution in [-0.4, -0.2) is 27.5 Å². The molecule has 0 spiro atoms. The second-order valence-corrected chi connectivity index (χ2v) is 9.48. The normalized spacial score (nSPS) is 12.1. The summed E-state index contributed by atoms with van der Waals surface area (Å²) in [5.41, 5.74) is 0.906. The molecule has 0 saturated heterocycles. The molecular formula is C24H24ClFN2O4S. The second-order valence-electron chi connectivity index (χ2n) is 7.21. The van der Waals surface area contributed by atoms with Gasteiger partial charge in [-0.25, -0.2) is 12.8 Å². The molecule has 6 nitrogen and oxygen atoms in total. The fourth-order valence-electron chi connectivity index (χ4n) is 3.20. The maximum atomic E-state index is 13.7. The van der Waals surface area contributed by atoms with Crippen LogP contribution in [0.1, 0.15) is 25.5 Å². The average molecular weight is 491 g/mol. The van der Waals surface area contributed by atoms with E-state index < -0.39 is 28.3 Å². The number of nitrogens with zero attached hydrogens (tertiary/aromatic N) is 1. The lowest BCUT2D eigenvalue weighted by Crippen LogP contribution is -2.41. The van der Waals surface area contributed by atoms with Crippen LogP contribution in [0.4, 0.5) is 10.1 Å². The largest absolute Gasteiger partial charge is 0.494 e. The Morgan fingerprint density at radius 3 is 2.36 bits per heavy atom. The summed E-state index contributed by atoms with van der Waals surface area (Å²) in [6.45, 7) is 3.71. The number of ether oxygens (including phenoxy) is 1. The minimum atomic E-state index is -4.12. The fourth-order valence-corrected chi connectivity index (χ4v) is 4.80. The number of rotatable bonds is 9. The lowest BCUT2D eigenvalue weighted by Gasteiger charge is -2.25. The minimum absolute atomic E-state index is 0.00203. The van der Waals surface area contributed by atoms with Gasteiger partial charge >= 0.3 is 0 Å². The van der Waals surface area contributed by atoms with Crippen LogP contribution in [0.2, 0.25) is 5.02 Å². The summed E-state index contributed by atoms with van der Waals surface area (Å²) in [6.07, 6.45) is 0. The number of anilines is 1. The number of hydrogen-bond donors (Lipinski definition) is 1. The van der Waals surface area contributed by atoms with Crippen LogP contribution in [0.5, 0.6) is 5.75 Å². The van der Waals surface area contributed by atoms with Crippen LogP contribution in [-0.2, 0) is 14.8 Å². The molecule has 0 radical (unpaired) electrons. The molecule has 1 amide bonds. The van der Waals surface area contributed by atoms with Crippen molar-refractivity contribution < 1.29 is 22.3 Å². The van der Waals surface area contributed by atoms with Gasteiger partial charge in [0, 0.05) is 0 Å². The molecule has 0 aliphatic carbocycles. The Hall–Kier alpha value is -3.10. The first-order valence-corrected chi connectivity index (χ1v) is 12.1. The van der Waals surface area contributed by atoms with E-state index in [0.717, 1.165) is 15.9 Å². The molecule has 1 atom stereocenters. The van der Waals surface area contributed by atoms with E-state index >= 15 is 0 Å². The molecule has 0 bridgehead atoms. The zero-order chi connectivity index (χ0) is 24.0. The van der Waals surface area contributed by atoms with E-state index in [1.807, 2.05) is 19.1 Å². The van der Waals surface area contributed by atoms with Gasteiger partial charge in [-0.3, -0.25) is 9.10 Å². The standard InChI is InChI=1S/C24H24ClFN2O4S/c1-3-32-20-12-9-18(10-13-20)17(2)27-24(29)16-28(19-11-14-23(26)22(25)15-19)33(30,31)21-7-5-4-6-8-21/h4-15,17H,3,16H2,1-2H3,(H,27,29)/t17-/m0/s1. The van der Waals surface area contributed by atoms with Crippen molar-refractivity contribution in [1.29, 1.82) is 0 Å². The first-order valence-electron chi connectivity index (χ1n) is 10.3. The maximum absolute atomic E-state index is 13.7. The first-order chi connectivity index (χ1) is 15.7. The summed E-state index contributed by atoms with van der Waals surface area (Å²) < 4.78 is 46.7. The van der Waals surface area contributed by atoms with Crippen molar-refractivity contribution >= 4 is 33.2 Å². The van der Waals surface area contributed by atoms with Crippen LogP contribution >= 0.6 is 11.6 Å². The predicted molar refractivity (Wildman–Crippen MR) is 127 cm³/mol. The van der Waals surface area contributed by atoms with E-state index in [-0.39, 0.29) is 21.6 Å². The summed E-state index contributed by atoms with van der Waals surface area (Å²) in [4.78, 5) is 12.9. The molecule has 9 heteroatoms. The van der Waals surface area contributed by atoms with Crippen molar-refractivity contribution in [2.45, 2.75) is 24.8 Å². The van der Waals surface area contributed by atoms with Crippen LogP contribution in [0, 0.1) is 5.82 Å². The number of hydrogen-bond acceptors (Lipinski definition) is 4. The molecule has 0 unspecified atom stereocenters. The van der Waals surface area contributed by atoms with Gasteiger partial charge in [-0.05, 0) is 61.9 Å². The molecule has 33 heavy (non-hydrogen) atoms. The van der Waals surface area contributed by atoms with Gasteiger partial charge in [-0.15, -0.1) is 0 Å². The third-order valence-corrected chi connectivity index (χ3v) is 6.96.